The van der Waals surface area contributed by atoms with E-state index < -0.39 is 0 Å². The van der Waals surface area contributed by atoms with E-state index in [4.69, 9.17) is 21.7 Å². The molecule has 2 rings (SSSR count). The van der Waals surface area contributed by atoms with Gasteiger partial charge in [-0.2, -0.15) is 5.10 Å². The molecule has 150 valence electrons. The van der Waals surface area contributed by atoms with Crippen molar-refractivity contribution < 1.29 is 9.47 Å². The third-order valence-corrected chi connectivity index (χ3v) is 4.97. The monoisotopic (exact) mass is 391 g/mol. The summed E-state index contributed by atoms with van der Waals surface area (Å²) in [6, 6.07) is 6.29. The van der Waals surface area contributed by atoms with E-state index in [0.29, 0.717) is 17.8 Å². The van der Waals surface area contributed by atoms with Gasteiger partial charge in [0.25, 0.3) is 0 Å². The standard InChI is InChI=1S/C21H33N3O2S/c1-3-4-5-9-14-26-19-13-12-17(15-20(19)25-2)16-22-24-21(27)23-18-10-7-6-8-11-18/h12-13,15-16,18H,3-11,14H2,1-2H3,(H2,23,24,27)/b22-16+. The van der Waals surface area contributed by atoms with Gasteiger partial charge in [0.05, 0.1) is 19.9 Å². The molecule has 27 heavy (non-hydrogen) atoms. The molecule has 1 aromatic rings. The van der Waals surface area contributed by atoms with Crippen LogP contribution >= 0.6 is 12.2 Å². The number of nitrogens with one attached hydrogen (secondary N) is 2. The summed E-state index contributed by atoms with van der Waals surface area (Å²) >= 11 is 5.32. The molecule has 6 heteroatoms. The molecule has 0 saturated heterocycles. The van der Waals surface area contributed by atoms with Crippen LogP contribution in [0.3, 0.4) is 0 Å². The first kappa shape index (κ1) is 21.5. The Balaban J connectivity index is 1.79. The van der Waals surface area contributed by atoms with E-state index >= 15 is 0 Å². The van der Waals surface area contributed by atoms with Crippen LogP contribution in [0.2, 0.25) is 0 Å². The lowest BCUT2D eigenvalue weighted by Gasteiger charge is -2.23. The van der Waals surface area contributed by atoms with Gasteiger partial charge in [0.15, 0.2) is 16.6 Å². The summed E-state index contributed by atoms with van der Waals surface area (Å²) in [6.07, 6.45) is 12.7. The number of unbranched alkanes of at least 4 members (excludes halogenated alkanes) is 3. The molecule has 0 aliphatic heterocycles. The lowest BCUT2D eigenvalue weighted by atomic mass is 9.96. The van der Waals surface area contributed by atoms with Crippen molar-refractivity contribution in [2.75, 3.05) is 13.7 Å². The SMILES string of the molecule is CCCCCCOc1ccc(/C=N/NC(=S)NC2CCCCC2)cc1OC. The fourth-order valence-corrected chi connectivity index (χ4v) is 3.44. The average molecular weight is 392 g/mol. The highest BCUT2D eigenvalue weighted by Crippen LogP contribution is 2.27. The summed E-state index contributed by atoms with van der Waals surface area (Å²) in [5.74, 6) is 1.49. The number of nitrogens with zero attached hydrogens (tertiary/aromatic N) is 1. The van der Waals surface area contributed by atoms with Crippen LogP contribution in [0, 0.1) is 0 Å². The molecule has 5 nitrogen and oxygen atoms in total. The fraction of sp³-hybridized carbons (Fsp3) is 0.619. The van der Waals surface area contributed by atoms with Crippen molar-refractivity contribution in [1.29, 1.82) is 0 Å². The van der Waals surface area contributed by atoms with Crippen molar-refractivity contribution in [3.8, 4) is 11.5 Å². The first-order chi connectivity index (χ1) is 13.2. The normalized spacial score (nSPS) is 14.9. The number of thiocarbonyl (C=S) groups is 1. The maximum absolute atomic E-state index is 5.84. The highest BCUT2D eigenvalue weighted by molar-refractivity contribution is 7.80. The molecule has 1 aliphatic rings. The van der Waals surface area contributed by atoms with E-state index in [0.717, 1.165) is 23.5 Å². The molecule has 0 atom stereocenters. The zero-order chi connectivity index (χ0) is 19.3. The lowest BCUT2D eigenvalue weighted by molar-refractivity contribution is 0.285. The van der Waals surface area contributed by atoms with Crippen LogP contribution < -0.4 is 20.2 Å². The molecule has 0 amide bonds. The van der Waals surface area contributed by atoms with Crippen LogP contribution in [0.4, 0.5) is 0 Å². The van der Waals surface area contributed by atoms with E-state index in [9.17, 15) is 0 Å². The van der Waals surface area contributed by atoms with Crippen LogP contribution in [-0.4, -0.2) is 31.1 Å². The second-order valence-electron chi connectivity index (χ2n) is 7.00. The van der Waals surface area contributed by atoms with Gasteiger partial charge >= 0.3 is 0 Å². The van der Waals surface area contributed by atoms with Gasteiger partial charge in [0, 0.05) is 6.04 Å². The molecular formula is C21H33N3O2S. The third-order valence-electron chi connectivity index (χ3n) is 4.76. The maximum Gasteiger partial charge on any atom is 0.187 e. The third kappa shape index (κ3) is 8.16. The van der Waals surface area contributed by atoms with Crippen LogP contribution in [-0.2, 0) is 0 Å². The summed E-state index contributed by atoms with van der Waals surface area (Å²) in [5.41, 5.74) is 3.83. The topological polar surface area (TPSA) is 54.9 Å². The summed E-state index contributed by atoms with van der Waals surface area (Å²) in [7, 11) is 1.65. The summed E-state index contributed by atoms with van der Waals surface area (Å²) < 4.78 is 11.3. The van der Waals surface area contributed by atoms with Crippen LogP contribution in [0.25, 0.3) is 0 Å². The summed E-state index contributed by atoms with van der Waals surface area (Å²) in [5, 5.41) is 8.15. The van der Waals surface area contributed by atoms with E-state index in [2.05, 4.69) is 22.8 Å². The second kappa shape index (κ2) is 12.5. The number of ether oxygens (including phenoxy) is 2. The summed E-state index contributed by atoms with van der Waals surface area (Å²) in [4.78, 5) is 0. The Hall–Kier alpha value is -1.82. The van der Waals surface area contributed by atoms with E-state index in [1.54, 1.807) is 13.3 Å². The molecule has 1 aromatic carbocycles. The fourth-order valence-electron chi connectivity index (χ4n) is 3.22. The van der Waals surface area contributed by atoms with Crippen LogP contribution in [0.5, 0.6) is 11.5 Å². The minimum atomic E-state index is 0.475. The van der Waals surface area contributed by atoms with Crippen LogP contribution in [0.15, 0.2) is 23.3 Å². The largest absolute Gasteiger partial charge is 0.493 e. The zero-order valence-electron chi connectivity index (χ0n) is 16.6. The quantitative estimate of drug-likeness (QED) is 0.260. The summed E-state index contributed by atoms with van der Waals surface area (Å²) in [6.45, 7) is 2.92. The number of benzene rings is 1. The Morgan fingerprint density at radius 1 is 1.19 bits per heavy atom. The minimum Gasteiger partial charge on any atom is -0.493 e. The molecule has 2 N–H and O–H groups in total. The van der Waals surface area contributed by atoms with E-state index in [-0.39, 0.29) is 0 Å². The lowest BCUT2D eigenvalue weighted by Crippen LogP contribution is -2.40. The van der Waals surface area contributed by atoms with E-state index in [1.165, 1.54) is 51.4 Å². The van der Waals surface area contributed by atoms with Crippen LogP contribution in [0.1, 0.15) is 70.3 Å². The van der Waals surface area contributed by atoms with Gasteiger partial charge in [-0.1, -0.05) is 45.4 Å². The van der Waals surface area contributed by atoms with Gasteiger partial charge in [-0.05, 0) is 55.2 Å². The Labute approximate surface area is 168 Å². The molecule has 1 saturated carbocycles. The van der Waals surface area contributed by atoms with Gasteiger partial charge in [-0.3, -0.25) is 5.43 Å². The second-order valence-corrected chi connectivity index (χ2v) is 7.41. The average Bonchev–Trinajstić information content (AvgIpc) is 2.69. The number of methoxy groups -OCH3 is 1. The Kier molecular flexibility index (Phi) is 9.98. The molecule has 0 radical (unpaired) electrons. The molecule has 0 aromatic heterocycles. The van der Waals surface area contributed by atoms with Gasteiger partial charge in [0.2, 0.25) is 0 Å². The Bertz CT molecular complexity index is 601. The Morgan fingerprint density at radius 2 is 2.00 bits per heavy atom. The molecular weight excluding hydrogens is 358 g/mol. The first-order valence-electron chi connectivity index (χ1n) is 10.1. The number of rotatable bonds is 10. The van der Waals surface area contributed by atoms with Crippen molar-refractivity contribution >= 4 is 23.5 Å². The van der Waals surface area contributed by atoms with Crippen molar-refractivity contribution in [3.63, 3.8) is 0 Å². The molecule has 0 bridgehead atoms. The predicted octanol–water partition coefficient (Wildman–Crippen LogP) is 4.79. The molecule has 1 fully saturated rings. The van der Waals surface area contributed by atoms with Crippen molar-refractivity contribution in [1.82, 2.24) is 10.7 Å². The van der Waals surface area contributed by atoms with Gasteiger partial charge in [0.1, 0.15) is 0 Å². The smallest absolute Gasteiger partial charge is 0.187 e. The number of hydrogen-bond acceptors (Lipinski definition) is 4. The molecule has 0 spiro atoms. The number of hydrazone groups is 1. The maximum atomic E-state index is 5.84. The Morgan fingerprint density at radius 3 is 2.74 bits per heavy atom. The zero-order valence-corrected chi connectivity index (χ0v) is 17.4. The van der Waals surface area contributed by atoms with Gasteiger partial charge in [-0.15, -0.1) is 0 Å². The highest BCUT2D eigenvalue weighted by atomic mass is 32.1. The molecule has 0 heterocycles. The molecule has 0 unspecified atom stereocenters. The van der Waals surface area contributed by atoms with Crippen molar-refractivity contribution in [3.05, 3.63) is 23.8 Å². The van der Waals surface area contributed by atoms with E-state index in [1.807, 2.05) is 18.2 Å². The molecule has 1 aliphatic carbocycles. The predicted molar refractivity (Wildman–Crippen MR) is 116 cm³/mol. The first-order valence-corrected chi connectivity index (χ1v) is 10.5. The van der Waals surface area contributed by atoms with Crippen molar-refractivity contribution in [2.24, 2.45) is 5.10 Å². The highest BCUT2D eigenvalue weighted by Gasteiger charge is 2.13. The van der Waals surface area contributed by atoms with Gasteiger partial charge in [-0.25, -0.2) is 0 Å². The van der Waals surface area contributed by atoms with Gasteiger partial charge < -0.3 is 14.8 Å². The number of hydrogen-bond donors (Lipinski definition) is 2. The van der Waals surface area contributed by atoms with Crippen molar-refractivity contribution in [2.45, 2.75) is 70.8 Å². The minimum absolute atomic E-state index is 0.475.